The van der Waals surface area contributed by atoms with Gasteiger partial charge in [0.15, 0.2) is 6.61 Å². The Kier molecular flexibility index (Phi) is 5.71. The average molecular weight is 363 g/mol. The molecule has 25 heavy (non-hydrogen) atoms. The number of esters is 1. The number of amides is 1. The van der Waals surface area contributed by atoms with Crippen LogP contribution in [-0.2, 0) is 9.53 Å². The largest absolute Gasteiger partial charge is 0.452 e. The highest BCUT2D eigenvalue weighted by Gasteiger charge is 2.16. The summed E-state index contributed by atoms with van der Waals surface area (Å²) in [7, 11) is 0. The molecule has 0 aliphatic heterocycles. The van der Waals surface area contributed by atoms with E-state index in [1.807, 2.05) is 0 Å². The molecule has 0 unspecified atom stereocenters. The van der Waals surface area contributed by atoms with E-state index in [-0.39, 0.29) is 11.3 Å². The zero-order chi connectivity index (χ0) is 18.6. The van der Waals surface area contributed by atoms with Crippen molar-refractivity contribution in [3.8, 4) is 0 Å². The van der Waals surface area contributed by atoms with Gasteiger partial charge in [-0.2, -0.15) is 0 Å². The molecule has 0 heterocycles. The van der Waals surface area contributed by atoms with Crippen molar-refractivity contribution < 1.29 is 19.2 Å². The van der Waals surface area contributed by atoms with E-state index in [9.17, 15) is 19.7 Å². The predicted molar refractivity (Wildman–Crippen MR) is 92.9 cm³/mol. The van der Waals surface area contributed by atoms with Crippen LogP contribution in [0.2, 0.25) is 5.02 Å². The number of nitrogens with zero attached hydrogens (tertiary/aromatic N) is 1. The number of hydrogen-bond acceptors (Lipinski definition) is 5. The minimum Gasteiger partial charge on any atom is -0.452 e. The lowest BCUT2D eigenvalue weighted by molar-refractivity contribution is -0.385. The summed E-state index contributed by atoms with van der Waals surface area (Å²) in [6.45, 7) is 2.79. The Hall–Kier alpha value is -2.93. The third-order valence-electron chi connectivity index (χ3n) is 3.51. The van der Waals surface area contributed by atoms with Crippen molar-refractivity contribution in [3.05, 3.63) is 68.2 Å². The Labute approximate surface area is 148 Å². The first-order chi connectivity index (χ1) is 11.8. The smallest absolute Gasteiger partial charge is 0.338 e. The van der Waals surface area contributed by atoms with E-state index in [1.165, 1.54) is 25.1 Å². The first kappa shape index (κ1) is 18.4. The number of nitrogens with one attached hydrogen (secondary N) is 1. The summed E-state index contributed by atoms with van der Waals surface area (Å²) in [6.07, 6.45) is 0. The summed E-state index contributed by atoms with van der Waals surface area (Å²) in [5.74, 6) is -1.26. The molecule has 2 rings (SSSR count). The van der Waals surface area contributed by atoms with Crippen LogP contribution in [0.4, 0.5) is 11.4 Å². The number of hydrogen-bond donors (Lipinski definition) is 1. The van der Waals surface area contributed by atoms with Crippen LogP contribution >= 0.6 is 11.6 Å². The van der Waals surface area contributed by atoms with Gasteiger partial charge in [0.25, 0.3) is 11.6 Å². The second-order valence-corrected chi connectivity index (χ2v) is 5.70. The van der Waals surface area contributed by atoms with Gasteiger partial charge in [0.2, 0.25) is 0 Å². The number of rotatable bonds is 5. The summed E-state index contributed by atoms with van der Waals surface area (Å²) in [5, 5.41) is 13.9. The molecule has 0 aliphatic rings. The fraction of sp³-hybridized carbons (Fsp3) is 0.176. The van der Waals surface area contributed by atoms with Gasteiger partial charge < -0.3 is 10.1 Å². The quantitative estimate of drug-likeness (QED) is 0.497. The van der Waals surface area contributed by atoms with Gasteiger partial charge in [0.05, 0.1) is 10.5 Å². The number of nitro groups is 1. The summed E-state index contributed by atoms with van der Waals surface area (Å²) in [6, 6.07) is 8.92. The van der Waals surface area contributed by atoms with Crippen LogP contribution in [0.15, 0.2) is 36.4 Å². The van der Waals surface area contributed by atoms with Crippen LogP contribution in [0.5, 0.6) is 0 Å². The molecule has 2 aromatic rings. The van der Waals surface area contributed by atoms with Gasteiger partial charge in [-0.25, -0.2) is 4.79 Å². The Bertz CT molecular complexity index is 851. The van der Waals surface area contributed by atoms with E-state index in [4.69, 9.17) is 16.3 Å². The molecule has 0 bridgehead atoms. The van der Waals surface area contributed by atoms with E-state index < -0.39 is 23.4 Å². The molecule has 0 saturated carbocycles. The third kappa shape index (κ3) is 4.54. The molecule has 0 aliphatic carbocycles. The van der Waals surface area contributed by atoms with Crippen LogP contribution in [0.1, 0.15) is 21.5 Å². The maximum Gasteiger partial charge on any atom is 0.338 e. The normalized spacial score (nSPS) is 10.2. The second kappa shape index (κ2) is 7.76. The Morgan fingerprint density at radius 2 is 1.96 bits per heavy atom. The van der Waals surface area contributed by atoms with Crippen molar-refractivity contribution in [1.29, 1.82) is 0 Å². The van der Waals surface area contributed by atoms with Crippen molar-refractivity contribution >= 4 is 34.9 Å². The maximum absolute atomic E-state index is 12.0. The minimum absolute atomic E-state index is 0.0919. The molecule has 1 N–H and O–H groups in total. The third-order valence-corrected chi connectivity index (χ3v) is 3.91. The summed E-state index contributed by atoms with van der Waals surface area (Å²) in [5.41, 5.74) is 1.61. The Morgan fingerprint density at radius 1 is 1.24 bits per heavy atom. The van der Waals surface area contributed by atoms with Crippen molar-refractivity contribution in [2.45, 2.75) is 13.8 Å². The lowest BCUT2D eigenvalue weighted by Crippen LogP contribution is -2.21. The van der Waals surface area contributed by atoms with Gasteiger partial charge in [-0.15, -0.1) is 0 Å². The first-order valence-electron chi connectivity index (χ1n) is 7.26. The lowest BCUT2D eigenvalue weighted by Gasteiger charge is -2.10. The van der Waals surface area contributed by atoms with Crippen LogP contribution in [-0.4, -0.2) is 23.4 Å². The SMILES string of the molecule is Cc1cc(C(=O)OCC(=O)Nc2cccc(Cl)c2C)ccc1[N+](=O)[O-]. The molecule has 7 nitrogen and oxygen atoms in total. The molecule has 0 fully saturated rings. The van der Waals surface area contributed by atoms with Gasteiger partial charge in [0, 0.05) is 22.3 Å². The van der Waals surface area contributed by atoms with Gasteiger partial charge in [-0.3, -0.25) is 14.9 Å². The number of benzene rings is 2. The number of carbonyl (C=O) groups excluding carboxylic acids is 2. The van der Waals surface area contributed by atoms with Gasteiger partial charge in [-0.05, 0) is 43.7 Å². The highest BCUT2D eigenvalue weighted by atomic mass is 35.5. The van der Waals surface area contributed by atoms with Crippen molar-refractivity contribution in [2.24, 2.45) is 0 Å². The minimum atomic E-state index is -0.740. The zero-order valence-corrected chi connectivity index (χ0v) is 14.3. The highest BCUT2D eigenvalue weighted by Crippen LogP contribution is 2.23. The molecule has 2 aromatic carbocycles. The Balaban J connectivity index is 1.97. The standard InChI is InChI=1S/C17H15ClN2O5/c1-10-8-12(6-7-15(10)20(23)24)17(22)25-9-16(21)19-14-5-3-4-13(18)11(14)2/h3-8H,9H2,1-2H3,(H,19,21). The summed E-state index contributed by atoms with van der Waals surface area (Å²) < 4.78 is 4.93. The van der Waals surface area contributed by atoms with E-state index in [1.54, 1.807) is 25.1 Å². The number of ether oxygens (including phenoxy) is 1. The topological polar surface area (TPSA) is 98.5 Å². The average Bonchev–Trinajstić information content (AvgIpc) is 2.56. The van der Waals surface area contributed by atoms with E-state index in [0.29, 0.717) is 21.8 Å². The molecule has 1 amide bonds. The Morgan fingerprint density at radius 3 is 2.60 bits per heavy atom. The van der Waals surface area contributed by atoms with Crippen LogP contribution in [0.3, 0.4) is 0 Å². The number of anilines is 1. The molecule has 0 atom stereocenters. The number of halogens is 1. The van der Waals surface area contributed by atoms with Gasteiger partial charge in [0.1, 0.15) is 0 Å². The fourth-order valence-corrected chi connectivity index (χ4v) is 2.31. The van der Waals surface area contributed by atoms with Gasteiger partial charge in [-0.1, -0.05) is 17.7 Å². The summed E-state index contributed by atoms with van der Waals surface area (Å²) >= 11 is 5.97. The van der Waals surface area contributed by atoms with Crippen molar-refractivity contribution in [3.63, 3.8) is 0 Å². The zero-order valence-electron chi connectivity index (χ0n) is 13.5. The molecule has 0 spiro atoms. The monoisotopic (exact) mass is 362 g/mol. The molecular weight excluding hydrogens is 348 g/mol. The predicted octanol–water partition coefficient (Wildman–Crippen LogP) is 3.66. The fourth-order valence-electron chi connectivity index (χ4n) is 2.13. The molecule has 130 valence electrons. The summed E-state index contributed by atoms with van der Waals surface area (Å²) in [4.78, 5) is 34.1. The van der Waals surface area contributed by atoms with Crippen molar-refractivity contribution in [1.82, 2.24) is 0 Å². The molecule has 8 heteroatoms. The highest BCUT2D eigenvalue weighted by molar-refractivity contribution is 6.31. The molecule has 0 aromatic heterocycles. The van der Waals surface area contributed by atoms with Crippen LogP contribution in [0, 0.1) is 24.0 Å². The van der Waals surface area contributed by atoms with Gasteiger partial charge >= 0.3 is 5.97 Å². The molecule has 0 saturated heterocycles. The van der Waals surface area contributed by atoms with E-state index >= 15 is 0 Å². The second-order valence-electron chi connectivity index (χ2n) is 5.30. The maximum atomic E-state index is 12.0. The van der Waals surface area contributed by atoms with Crippen molar-refractivity contribution in [2.75, 3.05) is 11.9 Å². The number of carbonyl (C=O) groups is 2. The van der Waals surface area contributed by atoms with E-state index in [2.05, 4.69) is 5.32 Å². The number of aryl methyl sites for hydroxylation is 1. The molecular formula is C17H15ClN2O5. The van der Waals surface area contributed by atoms with E-state index in [0.717, 1.165) is 0 Å². The number of nitro benzene ring substituents is 1. The van der Waals surface area contributed by atoms with Crippen LogP contribution < -0.4 is 5.32 Å². The first-order valence-corrected chi connectivity index (χ1v) is 7.64. The van der Waals surface area contributed by atoms with Crippen LogP contribution in [0.25, 0.3) is 0 Å². The molecule has 0 radical (unpaired) electrons. The lowest BCUT2D eigenvalue weighted by atomic mass is 10.1.